The SMILES string of the molecule is CCCC(=O)Oc1cc(F)c(C=O)c(F)c1. The lowest BCUT2D eigenvalue weighted by atomic mass is 10.2. The number of carbonyl (C=O) groups is 2. The second kappa shape index (κ2) is 5.34. The van der Waals surface area contributed by atoms with Gasteiger partial charge in [0.05, 0.1) is 5.56 Å². The lowest BCUT2D eigenvalue weighted by molar-refractivity contribution is -0.134. The highest BCUT2D eigenvalue weighted by Gasteiger charge is 2.12. The highest BCUT2D eigenvalue weighted by Crippen LogP contribution is 2.19. The zero-order valence-electron chi connectivity index (χ0n) is 8.63. The molecule has 0 saturated heterocycles. The van der Waals surface area contributed by atoms with Crippen LogP contribution in [-0.2, 0) is 4.79 Å². The third-order valence-corrected chi connectivity index (χ3v) is 1.86. The summed E-state index contributed by atoms with van der Waals surface area (Å²) < 4.78 is 30.9. The van der Waals surface area contributed by atoms with Gasteiger partial charge in [-0.1, -0.05) is 6.92 Å². The van der Waals surface area contributed by atoms with Gasteiger partial charge in [-0.25, -0.2) is 8.78 Å². The molecule has 0 bridgehead atoms. The fourth-order valence-corrected chi connectivity index (χ4v) is 1.12. The Labute approximate surface area is 91.0 Å². The predicted octanol–water partition coefficient (Wildman–Crippen LogP) is 2.48. The van der Waals surface area contributed by atoms with E-state index in [1.165, 1.54) is 0 Å². The van der Waals surface area contributed by atoms with Crippen LogP contribution in [0.5, 0.6) is 5.75 Å². The minimum atomic E-state index is -1.05. The fourth-order valence-electron chi connectivity index (χ4n) is 1.12. The van der Waals surface area contributed by atoms with E-state index in [2.05, 4.69) is 4.74 Å². The molecule has 0 atom stereocenters. The molecular weight excluding hydrogens is 218 g/mol. The van der Waals surface area contributed by atoms with E-state index in [1.54, 1.807) is 6.92 Å². The van der Waals surface area contributed by atoms with E-state index in [0.29, 0.717) is 6.42 Å². The standard InChI is InChI=1S/C11H10F2O3/c1-2-3-11(15)16-7-4-9(12)8(6-14)10(13)5-7/h4-6H,2-3H2,1H3. The Morgan fingerprint density at radius 1 is 1.38 bits per heavy atom. The summed E-state index contributed by atoms with van der Waals surface area (Å²) in [5, 5.41) is 0. The van der Waals surface area contributed by atoms with E-state index in [4.69, 9.17) is 0 Å². The number of rotatable bonds is 4. The lowest BCUT2D eigenvalue weighted by Gasteiger charge is -2.05. The first kappa shape index (κ1) is 12.3. The van der Waals surface area contributed by atoms with Crippen LogP contribution in [0.15, 0.2) is 12.1 Å². The molecule has 3 nitrogen and oxygen atoms in total. The number of ether oxygens (including phenoxy) is 1. The maximum Gasteiger partial charge on any atom is 0.311 e. The third-order valence-electron chi connectivity index (χ3n) is 1.86. The van der Waals surface area contributed by atoms with Crippen molar-refractivity contribution in [1.29, 1.82) is 0 Å². The van der Waals surface area contributed by atoms with Gasteiger partial charge in [-0.2, -0.15) is 0 Å². The number of hydrogen-bond donors (Lipinski definition) is 0. The number of carbonyl (C=O) groups excluding carboxylic acids is 2. The van der Waals surface area contributed by atoms with Gasteiger partial charge in [-0.15, -0.1) is 0 Å². The minimum absolute atomic E-state index is 0.0717. The molecule has 0 amide bonds. The first-order valence-electron chi connectivity index (χ1n) is 4.73. The van der Waals surface area contributed by atoms with Crippen LogP contribution in [0, 0.1) is 11.6 Å². The number of aldehydes is 1. The molecular formula is C11H10F2O3. The van der Waals surface area contributed by atoms with Gasteiger partial charge >= 0.3 is 5.97 Å². The fraction of sp³-hybridized carbons (Fsp3) is 0.273. The van der Waals surface area contributed by atoms with Crippen molar-refractivity contribution in [2.75, 3.05) is 0 Å². The van der Waals surface area contributed by atoms with E-state index >= 15 is 0 Å². The van der Waals surface area contributed by atoms with Gasteiger partial charge in [0.2, 0.25) is 0 Å². The number of hydrogen-bond acceptors (Lipinski definition) is 3. The summed E-state index contributed by atoms with van der Waals surface area (Å²) >= 11 is 0. The van der Waals surface area contributed by atoms with Crippen LogP contribution >= 0.6 is 0 Å². The highest BCUT2D eigenvalue weighted by molar-refractivity contribution is 5.77. The molecule has 86 valence electrons. The van der Waals surface area contributed by atoms with Crippen molar-refractivity contribution in [2.45, 2.75) is 19.8 Å². The van der Waals surface area contributed by atoms with Crippen molar-refractivity contribution in [3.8, 4) is 5.75 Å². The summed E-state index contributed by atoms with van der Waals surface area (Å²) in [6.07, 6.45) is 0.817. The molecule has 16 heavy (non-hydrogen) atoms. The van der Waals surface area contributed by atoms with Crippen LogP contribution in [0.1, 0.15) is 30.1 Å². The maximum absolute atomic E-state index is 13.1. The van der Waals surface area contributed by atoms with Gasteiger partial charge in [0.1, 0.15) is 17.4 Å². The molecule has 0 aliphatic carbocycles. The first-order chi connectivity index (χ1) is 7.58. The summed E-state index contributed by atoms with van der Waals surface area (Å²) in [5.74, 6) is -2.90. The highest BCUT2D eigenvalue weighted by atomic mass is 19.1. The summed E-state index contributed by atoms with van der Waals surface area (Å²) in [7, 11) is 0. The third kappa shape index (κ3) is 2.85. The average Bonchev–Trinajstić information content (AvgIpc) is 2.17. The Kier molecular flexibility index (Phi) is 4.10. The van der Waals surface area contributed by atoms with Crippen LogP contribution in [-0.4, -0.2) is 12.3 Å². The van der Waals surface area contributed by atoms with Crippen LogP contribution in [0.25, 0.3) is 0 Å². The molecule has 0 aromatic heterocycles. The minimum Gasteiger partial charge on any atom is -0.426 e. The van der Waals surface area contributed by atoms with Crippen molar-refractivity contribution in [3.63, 3.8) is 0 Å². The maximum atomic E-state index is 13.1. The number of esters is 1. The van der Waals surface area contributed by atoms with Crippen molar-refractivity contribution < 1.29 is 23.1 Å². The van der Waals surface area contributed by atoms with E-state index in [9.17, 15) is 18.4 Å². The van der Waals surface area contributed by atoms with E-state index in [0.717, 1.165) is 12.1 Å². The van der Waals surface area contributed by atoms with Gasteiger partial charge in [0.25, 0.3) is 0 Å². The second-order valence-electron chi connectivity index (χ2n) is 3.14. The van der Waals surface area contributed by atoms with E-state index in [-0.39, 0.29) is 18.5 Å². The molecule has 0 aliphatic heterocycles. The van der Waals surface area contributed by atoms with Crippen molar-refractivity contribution in [3.05, 3.63) is 29.3 Å². The molecule has 1 aromatic carbocycles. The van der Waals surface area contributed by atoms with Crippen LogP contribution in [0.3, 0.4) is 0 Å². The molecule has 0 fully saturated rings. The summed E-state index contributed by atoms with van der Waals surface area (Å²) in [4.78, 5) is 21.3. The van der Waals surface area contributed by atoms with Gasteiger partial charge in [-0.3, -0.25) is 9.59 Å². The normalized spacial score (nSPS) is 9.94. The van der Waals surface area contributed by atoms with Crippen molar-refractivity contribution in [2.24, 2.45) is 0 Å². The van der Waals surface area contributed by atoms with Gasteiger partial charge < -0.3 is 4.74 Å². The van der Waals surface area contributed by atoms with E-state index < -0.39 is 23.2 Å². The molecule has 0 radical (unpaired) electrons. The largest absolute Gasteiger partial charge is 0.426 e. The van der Waals surface area contributed by atoms with Crippen LogP contribution < -0.4 is 4.74 Å². The first-order valence-corrected chi connectivity index (χ1v) is 4.73. The molecule has 0 unspecified atom stereocenters. The zero-order chi connectivity index (χ0) is 12.1. The Hall–Kier alpha value is -1.78. The average molecular weight is 228 g/mol. The molecule has 0 heterocycles. The van der Waals surface area contributed by atoms with Crippen LogP contribution in [0.4, 0.5) is 8.78 Å². The van der Waals surface area contributed by atoms with Gasteiger partial charge in [-0.05, 0) is 6.42 Å². The summed E-state index contributed by atoms with van der Waals surface area (Å²) in [6, 6.07) is 1.61. The molecule has 0 saturated carbocycles. The molecule has 5 heteroatoms. The topological polar surface area (TPSA) is 43.4 Å². The molecule has 1 aromatic rings. The second-order valence-corrected chi connectivity index (χ2v) is 3.14. The monoisotopic (exact) mass is 228 g/mol. The molecule has 0 aliphatic rings. The molecule has 0 spiro atoms. The van der Waals surface area contributed by atoms with Gasteiger partial charge in [0, 0.05) is 18.6 Å². The van der Waals surface area contributed by atoms with Crippen LogP contribution in [0.2, 0.25) is 0 Å². The number of halogens is 2. The zero-order valence-corrected chi connectivity index (χ0v) is 8.63. The Morgan fingerprint density at radius 3 is 2.38 bits per heavy atom. The lowest BCUT2D eigenvalue weighted by Crippen LogP contribution is -2.08. The Bertz CT molecular complexity index is 393. The van der Waals surface area contributed by atoms with Crippen molar-refractivity contribution >= 4 is 12.3 Å². The quantitative estimate of drug-likeness (QED) is 0.451. The molecule has 1 rings (SSSR count). The van der Waals surface area contributed by atoms with Gasteiger partial charge in [0.15, 0.2) is 6.29 Å². The van der Waals surface area contributed by atoms with E-state index in [1.807, 2.05) is 0 Å². The molecule has 0 N–H and O–H groups in total. The Morgan fingerprint density at radius 2 is 1.94 bits per heavy atom. The Balaban J connectivity index is 2.91. The summed E-state index contributed by atoms with van der Waals surface area (Å²) in [5.41, 5.74) is -0.671. The predicted molar refractivity (Wildman–Crippen MR) is 52.3 cm³/mol. The number of benzene rings is 1. The summed E-state index contributed by atoms with van der Waals surface area (Å²) in [6.45, 7) is 1.78. The van der Waals surface area contributed by atoms with Crippen molar-refractivity contribution in [1.82, 2.24) is 0 Å². The smallest absolute Gasteiger partial charge is 0.311 e.